The van der Waals surface area contributed by atoms with Gasteiger partial charge in [0.05, 0.1) is 24.9 Å². The Morgan fingerprint density at radius 1 is 1.23 bits per heavy atom. The van der Waals surface area contributed by atoms with E-state index >= 15 is 0 Å². The molecule has 9 nitrogen and oxygen atoms in total. The topological polar surface area (TPSA) is 106 Å². The highest BCUT2D eigenvalue weighted by molar-refractivity contribution is 5.95. The van der Waals surface area contributed by atoms with Crippen LogP contribution in [0.1, 0.15) is 60.7 Å². The lowest BCUT2D eigenvalue weighted by Gasteiger charge is -2.30. The smallest absolute Gasteiger partial charge is 0.291 e. The lowest BCUT2D eigenvalue weighted by molar-refractivity contribution is 0.0698. The van der Waals surface area contributed by atoms with E-state index in [-0.39, 0.29) is 23.2 Å². The number of carbonyl (C=O) groups is 1. The highest BCUT2D eigenvalue weighted by atomic mass is 16.5. The zero-order valence-electron chi connectivity index (χ0n) is 18.0. The molecule has 1 saturated heterocycles. The molecule has 0 aromatic carbocycles. The Labute approximate surface area is 180 Å². The molecule has 3 aromatic heterocycles. The van der Waals surface area contributed by atoms with Gasteiger partial charge in [0.25, 0.3) is 5.91 Å². The zero-order valence-corrected chi connectivity index (χ0v) is 18.0. The predicted molar refractivity (Wildman–Crippen MR) is 114 cm³/mol. The molecule has 9 heteroatoms. The summed E-state index contributed by atoms with van der Waals surface area (Å²) in [7, 11) is 1.60. The van der Waals surface area contributed by atoms with E-state index in [1.54, 1.807) is 24.4 Å². The van der Waals surface area contributed by atoms with Crippen molar-refractivity contribution in [3.63, 3.8) is 0 Å². The maximum absolute atomic E-state index is 13.2. The Balaban J connectivity index is 1.33. The Morgan fingerprint density at radius 2 is 1.94 bits per heavy atom. The summed E-state index contributed by atoms with van der Waals surface area (Å²) < 4.78 is 10.9. The summed E-state index contributed by atoms with van der Waals surface area (Å²) in [4.78, 5) is 32.8. The van der Waals surface area contributed by atoms with Gasteiger partial charge in [-0.2, -0.15) is 4.98 Å². The van der Waals surface area contributed by atoms with Gasteiger partial charge in [-0.3, -0.25) is 4.79 Å². The number of carbonyl (C=O) groups excluding carboxylic acids is 1. The number of hydrogen-bond donors (Lipinski definition) is 1. The summed E-state index contributed by atoms with van der Waals surface area (Å²) in [6.45, 7) is 5.25. The van der Waals surface area contributed by atoms with Crippen LogP contribution in [0.4, 0.5) is 5.82 Å². The van der Waals surface area contributed by atoms with E-state index in [2.05, 4.69) is 32.2 Å². The van der Waals surface area contributed by atoms with Crippen molar-refractivity contribution >= 4 is 22.8 Å². The molecule has 1 saturated carbocycles. The van der Waals surface area contributed by atoms with Gasteiger partial charge in [-0.15, -0.1) is 0 Å². The molecule has 5 rings (SSSR count). The van der Waals surface area contributed by atoms with E-state index in [0.717, 1.165) is 42.7 Å². The fraction of sp³-hybridized carbons (Fsp3) is 0.500. The van der Waals surface area contributed by atoms with Crippen LogP contribution >= 0.6 is 0 Å². The second-order valence-electron chi connectivity index (χ2n) is 8.70. The van der Waals surface area contributed by atoms with Crippen molar-refractivity contribution in [1.82, 2.24) is 24.8 Å². The summed E-state index contributed by atoms with van der Waals surface area (Å²) in [5, 5.41) is 4.29. The van der Waals surface area contributed by atoms with Gasteiger partial charge in [-0.1, -0.05) is 0 Å². The molecule has 0 spiro atoms. The van der Waals surface area contributed by atoms with Gasteiger partial charge in [0.2, 0.25) is 11.5 Å². The number of nitrogens with zero attached hydrogens (tertiary/aromatic N) is 5. The molecule has 2 fully saturated rings. The molecular weight excluding hydrogens is 396 g/mol. The van der Waals surface area contributed by atoms with Crippen LogP contribution in [0.25, 0.3) is 11.1 Å². The number of amides is 1. The number of likely N-dealkylation sites (tertiary alicyclic amines) is 1. The Kier molecular flexibility index (Phi) is 4.75. The maximum atomic E-state index is 13.2. The third-order valence-corrected chi connectivity index (χ3v) is 6.16. The van der Waals surface area contributed by atoms with E-state index in [1.165, 1.54) is 0 Å². The van der Waals surface area contributed by atoms with Crippen molar-refractivity contribution in [2.45, 2.75) is 51.0 Å². The van der Waals surface area contributed by atoms with E-state index < -0.39 is 0 Å². The number of fused-ring (bicyclic) bond motifs is 1. The molecule has 0 atom stereocenters. The molecule has 0 unspecified atom stereocenters. The van der Waals surface area contributed by atoms with Crippen LogP contribution in [0.5, 0.6) is 5.75 Å². The molecular formula is C22H26N6O3. The van der Waals surface area contributed by atoms with Crippen LogP contribution in [0.15, 0.2) is 22.9 Å². The maximum Gasteiger partial charge on any atom is 0.291 e. The number of aromatic nitrogens is 4. The molecule has 4 heterocycles. The van der Waals surface area contributed by atoms with E-state index in [9.17, 15) is 4.79 Å². The second kappa shape index (κ2) is 7.47. The van der Waals surface area contributed by atoms with Crippen molar-refractivity contribution in [2.75, 3.05) is 25.5 Å². The van der Waals surface area contributed by atoms with Crippen molar-refractivity contribution < 1.29 is 13.9 Å². The van der Waals surface area contributed by atoms with Gasteiger partial charge in [0.1, 0.15) is 17.4 Å². The van der Waals surface area contributed by atoms with E-state index in [0.29, 0.717) is 30.4 Å². The van der Waals surface area contributed by atoms with Crippen LogP contribution in [-0.2, 0) is 0 Å². The zero-order chi connectivity index (χ0) is 21.6. The molecule has 2 aliphatic rings. The molecule has 0 radical (unpaired) electrons. The monoisotopic (exact) mass is 422 g/mol. The Hall–Kier alpha value is -3.23. The normalized spacial score (nSPS) is 18.2. The lowest BCUT2D eigenvalue weighted by Crippen LogP contribution is -2.39. The van der Waals surface area contributed by atoms with Crippen molar-refractivity contribution in [3.05, 3.63) is 35.9 Å². The summed E-state index contributed by atoms with van der Waals surface area (Å²) in [6, 6.07) is 1.91. The van der Waals surface area contributed by atoms with Crippen molar-refractivity contribution in [2.24, 2.45) is 0 Å². The first-order valence-electron chi connectivity index (χ1n) is 10.7. The van der Waals surface area contributed by atoms with E-state index in [1.807, 2.05) is 13.0 Å². The summed E-state index contributed by atoms with van der Waals surface area (Å²) in [6.07, 6.45) is 7.12. The molecule has 3 aromatic rings. The van der Waals surface area contributed by atoms with Crippen LogP contribution in [0.2, 0.25) is 0 Å². The number of aryl methyl sites for hydroxylation is 1. The number of methoxy groups -OCH3 is 1. The van der Waals surface area contributed by atoms with Crippen LogP contribution in [0, 0.1) is 6.92 Å². The fourth-order valence-corrected chi connectivity index (χ4v) is 3.96. The van der Waals surface area contributed by atoms with Crippen molar-refractivity contribution in [3.8, 4) is 5.75 Å². The highest BCUT2D eigenvalue weighted by Gasteiger charge is 2.38. The molecule has 0 bridgehead atoms. The minimum absolute atomic E-state index is 0.0312. The third kappa shape index (κ3) is 3.92. The highest BCUT2D eigenvalue weighted by Crippen LogP contribution is 2.39. The molecule has 31 heavy (non-hydrogen) atoms. The first-order chi connectivity index (χ1) is 14.9. The molecule has 162 valence electrons. The average Bonchev–Trinajstić information content (AvgIpc) is 3.38. The van der Waals surface area contributed by atoms with Gasteiger partial charge in [-0.05, 0) is 45.6 Å². The van der Waals surface area contributed by atoms with Gasteiger partial charge >= 0.3 is 0 Å². The van der Waals surface area contributed by atoms with Crippen LogP contribution in [-0.4, -0.2) is 56.5 Å². The predicted octanol–water partition coefficient (Wildman–Crippen LogP) is 3.31. The molecule has 1 aliphatic heterocycles. The number of nitrogens with one attached hydrogen (secondary N) is 1. The minimum Gasteiger partial charge on any atom is -0.494 e. The first-order valence-corrected chi connectivity index (χ1v) is 10.7. The largest absolute Gasteiger partial charge is 0.494 e. The third-order valence-electron chi connectivity index (χ3n) is 6.16. The standard InChI is InChI=1S/C22H26N6O3/c1-13-10-16-18(27-22(2)6-7-22)25-19(26-20(16)31-13)21(29)28-8-4-14(5-9-28)17-23-11-15(30-3)12-24-17/h10-12,14H,4-9H2,1-3H3,(H,25,26,27). The number of rotatable bonds is 5. The number of ether oxygens (including phenoxy) is 1. The molecule has 1 amide bonds. The van der Waals surface area contributed by atoms with Gasteiger partial charge in [0.15, 0.2) is 5.75 Å². The van der Waals surface area contributed by atoms with Crippen LogP contribution in [0.3, 0.4) is 0 Å². The Morgan fingerprint density at radius 3 is 2.58 bits per heavy atom. The number of furan rings is 1. The summed E-state index contributed by atoms with van der Waals surface area (Å²) in [5.74, 6) is 3.08. The fourth-order valence-electron chi connectivity index (χ4n) is 3.96. The van der Waals surface area contributed by atoms with Gasteiger partial charge < -0.3 is 19.4 Å². The van der Waals surface area contributed by atoms with Gasteiger partial charge in [0, 0.05) is 24.5 Å². The van der Waals surface area contributed by atoms with E-state index in [4.69, 9.17) is 9.15 Å². The first kappa shape index (κ1) is 19.7. The lowest BCUT2D eigenvalue weighted by atomic mass is 9.96. The number of hydrogen-bond acceptors (Lipinski definition) is 8. The quantitative estimate of drug-likeness (QED) is 0.667. The SMILES string of the molecule is COc1cnc(C2CCN(C(=O)c3nc(NC4(C)CC4)c4cc(C)oc4n3)CC2)nc1. The van der Waals surface area contributed by atoms with Crippen LogP contribution < -0.4 is 10.1 Å². The van der Waals surface area contributed by atoms with Gasteiger partial charge in [-0.25, -0.2) is 15.0 Å². The molecule has 1 N–H and O–H groups in total. The second-order valence-corrected chi connectivity index (χ2v) is 8.70. The summed E-state index contributed by atoms with van der Waals surface area (Å²) in [5.41, 5.74) is 0.479. The average molecular weight is 422 g/mol. The Bertz CT molecular complexity index is 1110. The number of piperidine rings is 1. The van der Waals surface area contributed by atoms with Crippen molar-refractivity contribution in [1.29, 1.82) is 0 Å². The minimum atomic E-state index is -0.172. The summed E-state index contributed by atoms with van der Waals surface area (Å²) >= 11 is 0. The number of anilines is 1. The molecule has 1 aliphatic carbocycles.